The van der Waals surface area contributed by atoms with Crippen LogP contribution < -0.4 is 10.6 Å². The Bertz CT molecular complexity index is 569. The van der Waals surface area contributed by atoms with E-state index in [2.05, 4.69) is 15.6 Å². The summed E-state index contributed by atoms with van der Waals surface area (Å²) in [5.41, 5.74) is 2.44. The summed E-state index contributed by atoms with van der Waals surface area (Å²) in [7, 11) is 0. The van der Waals surface area contributed by atoms with Crippen LogP contribution in [-0.4, -0.2) is 29.1 Å². The summed E-state index contributed by atoms with van der Waals surface area (Å²) < 4.78 is 0. The van der Waals surface area contributed by atoms with E-state index >= 15 is 0 Å². The molecule has 100 valence electrons. The first-order chi connectivity index (χ1) is 9.20. The van der Waals surface area contributed by atoms with Crippen LogP contribution in [0.1, 0.15) is 16.1 Å². The second-order valence-electron chi connectivity index (χ2n) is 3.96. The number of aliphatic hydroxyl groups is 1. The van der Waals surface area contributed by atoms with Crippen LogP contribution in [0.4, 0.5) is 10.8 Å². The molecule has 5 nitrogen and oxygen atoms in total. The topological polar surface area (TPSA) is 74.2 Å². The van der Waals surface area contributed by atoms with E-state index in [0.717, 1.165) is 11.3 Å². The van der Waals surface area contributed by atoms with E-state index in [9.17, 15) is 4.79 Å². The highest BCUT2D eigenvalue weighted by Gasteiger charge is 2.10. The van der Waals surface area contributed by atoms with Crippen molar-refractivity contribution in [2.24, 2.45) is 0 Å². The van der Waals surface area contributed by atoms with Crippen molar-refractivity contribution in [2.75, 3.05) is 18.5 Å². The number of aromatic nitrogens is 1. The van der Waals surface area contributed by atoms with Gasteiger partial charge in [0.2, 0.25) is 0 Å². The third-order valence-electron chi connectivity index (χ3n) is 2.52. The monoisotopic (exact) mass is 277 g/mol. The molecule has 0 spiro atoms. The van der Waals surface area contributed by atoms with Gasteiger partial charge >= 0.3 is 0 Å². The number of aliphatic hydroxyl groups excluding tert-OH is 1. The highest BCUT2D eigenvalue weighted by atomic mass is 32.1. The fourth-order valence-corrected chi connectivity index (χ4v) is 2.23. The van der Waals surface area contributed by atoms with Gasteiger partial charge in [0.05, 0.1) is 6.61 Å². The van der Waals surface area contributed by atoms with Gasteiger partial charge in [-0.2, -0.15) is 0 Å². The molecule has 3 N–H and O–H groups in total. The Morgan fingerprint density at radius 3 is 2.95 bits per heavy atom. The average molecular weight is 277 g/mol. The highest BCUT2D eigenvalue weighted by molar-refractivity contribution is 7.14. The Kier molecular flexibility index (Phi) is 4.48. The summed E-state index contributed by atoms with van der Waals surface area (Å²) in [5, 5.41) is 16.8. The number of amides is 1. The zero-order chi connectivity index (χ0) is 13.7. The highest BCUT2D eigenvalue weighted by Crippen LogP contribution is 2.23. The Hall–Kier alpha value is -1.92. The van der Waals surface area contributed by atoms with Crippen LogP contribution in [-0.2, 0) is 0 Å². The van der Waals surface area contributed by atoms with Crippen LogP contribution in [0.3, 0.4) is 0 Å². The molecular weight excluding hydrogens is 262 g/mol. The lowest BCUT2D eigenvalue weighted by atomic mass is 10.2. The Balaban J connectivity index is 2.05. The number of nitrogens with one attached hydrogen (secondary N) is 2. The van der Waals surface area contributed by atoms with Gasteiger partial charge in [0.1, 0.15) is 5.69 Å². The van der Waals surface area contributed by atoms with Gasteiger partial charge < -0.3 is 15.7 Å². The average Bonchev–Trinajstić information content (AvgIpc) is 2.87. The lowest BCUT2D eigenvalue weighted by Crippen LogP contribution is -2.26. The third kappa shape index (κ3) is 3.52. The van der Waals surface area contributed by atoms with Gasteiger partial charge in [0.15, 0.2) is 5.13 Å². The third-order valence-corrected chi connectivity index (χ3v) is 3.28. The summed E-state index contributed by atoms with van der Waals surface area (Å²) in [6, 6.07) is 7.88. The van der Waals surface area contributed by atoms with Crippen molar-refractivity contribution in [3.63, 3.8) is 0 Å². The van der Waals surface area contributed by atoms with Crippen LogP contribution >= 0.6 is 11.3 Å². The smallest absolute Gasteiger partial charge is 0.270 e. The summed E-state index contributed by atoms with van der Waals surface area (Å²) in [4.78, 5) is 15.8. The number of nitrogens with zero attached hydrogens (tertiary/aromatic N) is 1. The molecule has 0 atom stereocenters. The predicted octanol–water partition coefficient (Wildman–Crippen LogP) is 1.92. The number of carbonyl (C=O) groups excluding carboxylic acids is 1. The normalized spacial score (nSPS) is 10.2. The van der Waals surface area contributed by atoms with Crippen LogP contribution in [0, 0.1) is 6.92 Å². The van der Waals surface area contributed by atoms with Crippen LogP contribution in [0.2, 0.25) is 0 Å². The number of rotatable bonds is 5. The Morgan fingerprint density at radius 2 is 2.21 bits per heavy atom. The zero-order valence-electron chi connectivity index (χ0n) is 10.5. The lowest BCUT2D eigenvalue weighted by molar-refractivity contribution is 0.0940. The van der Waals surface area contributed by atoms with Gasteiger partial charge in [-0.25, -0.2) is 4.98 Å². The maximum Gasteiger partial charge on any atom is 0.270 e. The summed E-state index contributed by atoms with van der Waals surface area (Å²) in [6.45, 7) is 2.16. The van der Waals surface area contributed by atoms with E-state index in [1.807, 2.05) is 31.2 Å². The molecule has 0 aliphatic rings. The number of thiazole rings is 1. The maximum atomic E-state index is 11.6. The molecule has 1 heterocycles. The SMILES string of the molecule is Cc1ccccc1Nc1nc(C(=O)NCCO)cs1. The molecule has 6 heteroatoms. The van der Waals surface area contributed by atoms with Crippen molar-refractivity contribution in [1.29, 1.82) is 0 Å². The van der Waals surface area contributed by atoms with Crippen molar-refractivity contribution >= 4 is 28.1 Å². The number of para-hydroxylation sites is 1. The number of carbonyl (C=O) groups is 1. The zero-order valence-corrected chi connectivity index (χ0v) is 11.3. The number of anilines is 2. The van der Waals surface area contributed by atoms with Gasteiger partial charge in [-0.15, -0.1) is 11.3 Å². The molecule has 0 unspecified atom stereocenters. The van der Waals surface area contributed by atoms with Crippen LogP contribution in [0.5, 0.6) is 0 Å². The molecule has 1 aromatic heterocycles. The fraction of sp³-hybridized carbons (Fsp3) is 0.231. The van der Waals surface area contributed by atoms with Gasteiger partial charge in [-0.05, 0) is 18.6 Å². The van der Waals surface area contributed by atoms with Crippen molar-refractivity contribution in [1.82, 2.24) is 10.3 Å². The Labute approximate surface area is 115 Å². The van der Waals surface area contributed by atoms with E-state index in [1.54, 1.807) is 5.38 Å². The molecule has 2 rings (SSSR count). The van der Waals surface area contributed by atoms with E-state index in [-0.39, 0.29) is 19.1 Å². The molecule has 19 heavy (non-hydrogen) atoms. The minimum absolute atomic E-state index is 0.0792. The van der Waals surface area contributed by atoms with Crippen molar-refractivity contribution in [2.45, 2.75) is 6.92 Å². The van der Waals surface area contributed by atoms with E-state index in [4.69, 9.17) is 5.11 Å². The number of benzene rings is 1. The molecule has 0 aliphatic heterocycles. The molecule has 0 fully saturated rings. The standard InChI is InChI=1S/C13H15N3O2S/c1-9-4-2-3-5-10(9)15-13-16-11(8-19-13)12(18)14-6-7-17/h2-5,8,17H,6-7H2,1H3,(H,14,18)(H,15,16). The molecule has 0 bridgehead atoms. The van der Waals surface area contributed by atoms with Gasteiger partial charge in [-0.1, -0.05) is 18.2 Å². The summed E-state index contributed by atoms with van der Waals surface area (Å²) in [5.74, 6) is -0.275. The van der Waals surface area contributed by atoms with E-state index in [1.165, 1.54) is 11.3 Å². The molecule has 1 amide bonds. The van der Waals surface area contributed by atoms with Gasteiger partial charge in [0, 0.05) is 17.6 Å². The first-order valence-electron chi connectivity index (χ1n) is 5.88. The van der Waals surface area contributed by atoms with Crippen LogP contribution in [0.15, 0.2) is 29.6 Å². The van der Waals surface area contributed by atoms with Crippen molar-refractivity contribution in [3.05, 3.63) is 40.9 Å². The molecular formula is C13H15N3O2S. The van der Waals surface area contributed by atoms with Gasteiger partial charge in [0.25, 0.3) is 5.91 Å². The summed E-state index contributed by atoms with van der Waals surface area (Å²) in [6.07, 6.45) is 0. The second kappa shape index (κ2) is 6.31. The maximum absolute atomic E-state index is 11.6. The largest absolute Gasteiger partial charge is 0.395 e. The van der Waals surface area contributed by atoms with Crippen molar-refractivity contribution < 1.29 is 9.90 Å². The molecule has 0 saturated carbocycles. The predicted molar refractivity (Wildman–Crippen MR) is 76.0 cm³/mol. The summed E-state index contributed by atoms with van der Waals surface area (Å²) >= 11 is 1.37. The first kappa shape index (κ1) is 13.5. The molecule has 0 aliphatic carbocycles. The molecule has 2 aromatic rings. The van der Waals surface area contributed by atoms with E-state index in [0.29, 0.717) is 10.8 Å². The van der Waals surface area contributed by atoms with Gasteiger partial charge in [-0.3, -0.25) is 4.79 Å². The second-order valence-corrected chi connectivity index (χ2v) is 4.82. The minimum atomic E-state index is -0.275. The number of hydrogen-bond acceptors (Lipinski definition) is 5. The quantitative estimate of drug-likeness (QED) is 0.780. The number of aryl methyl sites for hydroxylation is 1. The minimum Gasteiger partial charge on any atom is -0.395 e. The first-order valence-corrected chi connectivity index (χ1v) is 6.76. The molecule has 0 saturated heterocycles. The molecule has 1 aromatic carbocycles. The van der Waals surface area contributed by atoms with Crippen LogP contribution in [0.25, 0.3) is 0 Å². The van der Waals surface area contributed by atoms with E-state index < -0.39 is 0 Å². The number of hydrogen-bond donors (Lipinski definition) is 3. The lowest BCUT2D eigenvalue weighted by Gasteiger charge is -2.05. The van der Waals surface area contributed by atoms with Crippen molar-refractivity contribution in [3.8, 4) is 0 Å². The fourth-order valence-electron chi connectivity index (χ4n) is 1.52. The molecule has 0 radical (unpaired) electrons. The Morgan fingerprint density at radius 1 is 1.42 bits per heavy atom.